The molecule has 0 saturated carbocycles. The van der Waals surface area contributed by atoms with Crippen LogP contribution in [0.2, 0.25) is 0 Å². The molecule has 1 aromatic carbocycles. The van der Waals surface area contributed by atoms with E-state index in [2.05, 4.69) is 48.8 Å². The van der Waals surface area contributed by atoms with Crippen molar-refractivity contribution in [1.82, 2.24) is 5.32 Å². The third kappa shape index (κ3) is 2.91. The Labute approximate surface area is 113 Å². The summed E-state index contributed by atoms with van der Waals surface area (Å²) >= 11 is 1.83. The van der Waals surface area contributed by atoms with Crippen LogP contribution in [-0.2, 0) is 5.41 Å². The van der Waals surface area contributed by atoms with Crippen molar-refractivity contribution in [2.75, 3.05) is 13.1 Å². The smallest absolute Gasteiger partial charge is 0.0345 e. The fourth-order valence-corrected chi connectivity index (χ4v) is 3.36. The van der Waals surface area contributed by atoms with E-state index in [1.54, 1.807) is 0 Å². The van der Waals surface area contributed by atoms with E-state index in [1.165, 1.54) is 15.6 Å². The predicted molar refractivity (Wildman–Crippen MR) is 81.4 cm³/mol. The van der Waals surface area contributed by atoms with E-state index in [1.807, 2.05) is 18.3 Å². The first-order valence-corrected chi connectivity index (χ1v) is 7.32. The van der Waals surface area contributed by atoms with Gasteiger partial charge < -0.3 is 11.1 Å². The lowest BCUT2D eigenvalue weighted by molar-refractivity contribution is 0.462. The highest BCUT2D eigenvalue weighted by Gasteiger charge is 2.23. The van der Waals surface area contributed by atoms with Crippen molar-refractivity contribution in [3.05, 3.63) is 35.2 Å². The van der Waals surface area contributed by atoms with Gasteiger partial charge in [-0.2, -0.15) is 0 Å². The van der Waals surface area contributed by atoms with Crippen LogP contribution in [0.4, 0.5) is 0 Å². The lowest BCUT2D eigenvalue weighted by Crippen LogP contribution is -2.38. The number of thiophene rings is 1. The SMILES string of the molecule is CC(N)CNCC(C)(C)c1csc2ccccc12. The fraction of sp³-hybridized carbons (Fsp3) is 0.467. The molecule has 1 heterocycles. The van der Waals surface area contributed by atoms with Crippen LogP contribution in [-0.4, -0.2) is 19.1 Å². The first kappa shape index (κ1) is 13.5. The summed E-state index contributed by atoms with van der Waals surface area (Å²) in [6.07, 6.45) is 0. The van der Waals surface area contributed by atoms with Gasteiger partial charge >= 0.3 is 0 Å². The monoisotopic (exact) mass is 262 g/mol. The topological polar surface area (TPSA) is 38.0 Å². The maximum atomic E-state index is 5.77. The lowest BCUT2D eigenvalue weighted by Gasteiger charge is -2.25. The molecular weight excluding hydrogens is 240 g/mol. The van der Waals surface area contributed by atoms with Crippen LogP contribution in [0, 0.1) is 0 Å². The van der Waals surface area contributed by atoms with Gasteiger partial charge in [0, 0.05) is 29.2 Å². The van der Waals surface area contributed by atoms with Gasteiger partial charge in [0.15, 0.2) is 0 Å². The first-order valence-electron chi connectivity index (χ1n) is 6.44. The number of rotatable bonds is 5. The molecule has 2 rings (SSSR count). The van der Waals surface area contributed by atoms with Crippen molar-refractivity contribution in [2.24, 2.45) is 5.73 Å². The number of fused-ring (bicyclic) bond motifs is 1. The Hall–Kier alpha value is -0.900. The van der Waals surface area contributed by atoms with Crippen LogP contribution in [0.15, 0.2) is 29.6 Å². The standard InChI is InChI=1S/C15H22N2S/c1-11(16)8-17-10-15(2,3)13-9-18-14-7-5-4-6-12(13)14/h4-7,9,11,17H,8,10,16H2,1-3H3. The van der Waals surface area contributed by atoms with E-state index >= 15 is 0 Å². The van der Waals surface area contributed by atoms with E-state index in [4.69, 9.17) is 5.73 Å². The molecule has 18 heavy (non-hydrogen) atoms. The molecule has 0 radical (unpaired) electrons. The normalized spacial score (nSPS) is 14.0. The molecule has 1 aromatic heterocycles. The van der Waals surface area contributed by atoms with Gasteiger partial charge in [-0.25, -0.2) is 0 Å². The molecule has 1 unspecified atom stereocenters. The van der Waals surface area contributed by atoms with Crippen molar-refractivity contribution in [3.8, 4) is 0 Å². The third-order valence-electron chi connectivity index (χ3n) is 3.24. The number of nitrogens with one attached hydrogen (secondary N) is 1. The molecule has 2 aromatic rings. The quantitative estimate of drug-likeness (QED) is 0.869. The molecule has 0 aliphatic rings. The Morgan fingerprint density at radius 3 is 2.78 bits per heavy atom. The molecule has 0 aliphatic heterocycles. The van der Waals surface area contributed by atoms with Crippen molar-refractivity contribution in [2.45, 2.75) is 32.2 Å². The molecule has 1 atom stereocenters. The maximum absolute atomic E-state index is 5.77. The second kappa shape index (κ2) is 5.39. The maximum Gasteiger partial charge on any atom is 0.0345 e. The lowest BCUT2D eigenvalue weighted by atomic mass is 9.84. The highest BCUT2D eigenvalue weighted by atomic mass is 32.1. The third-order valence-corrected chi connectivity index (χ3v) is 4.21. The van der Waals surface area contributed by atoms with Gasteiger partial charge in [-0.1, -0.05) is 32.0 Å². The van der Waals surface area contributed by atoms with Gasteiger partial charge in [0.25, 0.3) is 0 Å². The molecule has 3 N–H and O–H groups in total. The molecular formula is C15H22N2S. The first-order chi connectivity index (χ1) is 8.50. The molecule has 0 saturated heterocycles. The van der Waals surface area contributed by atoms with Crippen LogP contribution in [0.5, 0.6) is 0 Å². The number of nitrogens with two attached hydrogens (primary N) is 1. The summed E-state index contributed by atoms with van der Waals surface area (Å²) in [4.78, 5) is 0. The summed E-state index contributed by atoms with van der Waals surface area (Å²) in [7, 11) is 0. The minimum Gasteiger partial charge on any atom is -0.327 e. The molecule has 0 amide bonds. The van der Waals surface area contributed by atoms with Gasteiger partial charge in [-0.15, -0.1) is 11.3 Å². The predicted octanol–water partition coefficient (Wildman–Crippen LogP) is 3.12. The molecule has 98 valence electrons. The summed E-state index contributed by atoms with van der Waals surface area (Å²) in [6, 6.07) is 8.83. The molecule has 0 aliphatic carbocycles. The zero-order chi connectivity index (χ0) is 13.2. The summed E-state index contributed by atoms with van der Waals surface area (Å²) in [6.45, 7) is 8.42. The minimum atomic E-state index is 0.133. The van der Waals surface area contributed by atoms with Gasteiger partial charge in [-0.3, -0.25) is 0 Å². The Kier molecular flexibility index (Phi) is 4.05. The Morgan fingerprint density at radius 1 is 1.33 bits per heavy atom. The van der Waals surface area contributed by atoms with Crippen LogP contribution in [0.1, 0.15) is 26.3 Å². The number of hydrogen-bond acceptors (Lipinski definition) is 3. The molecule has 0 bridgehead atoms. The van der Waals surface area contributed by atoms with Gasteiger partial charge in [0.2, 0.25) is 0 Å². The zero-order valence-corrected chi connectivity index (χ0v) is 12.2. The molecule has 0 spiro atoms. The zero-order valence-electron chi connectivity index (χ0n) is 11.4. The summed E-state index contributed by atoms with van der Waals surface area (Å²) in [5.41, 5.74) is 7.33. The molecule has 0 fully saturated rings. The van der Waals surface area contributed by atoms with E-state index < -0.39 is 0 Å². The average Bonchev–Trinajstić information content (AvgIpc) is 2.72. The largest absolute Gasteiger partial charge is 0.327 e. The van der Waals surface area contributed by atoms with Crippen molar-refractivity contribution >= 4 is 21.4 Å². The van der Waals surface area contributed by atoms with Crippen LogP contribution in [0.3, 0.4) is 0 Å². The Bertz CT molecular complexity index is 514. The Balaban J connectivity index is 2.18. The van der Waals surface area contributed by atoms with Gasteiger partial charge in [0.1, 0.15) is 0 Å². The Morgan fingerprint density at radius 2 is 2.06 bits per heavy atom. The highest BCUT2D eigenvalue weighted by molar-refractivity contribution is 7.17. The van der Waals surface area contributed by atoms with Crippen molar-refractivity contribution in [3.63, 3.8) is 0 Å². The second-order valence-electron chi connectivity index (χ2n) is 5.64. The van der Waals surface area contributed by atoms with Crippen LogP contribution < -0.4 is 11.1 Å². The van der Waals surface area contributed by atoms with E-state index in [0.717, 1.165) is 13.1 Å². The average molecular weight is 262 g/mol. The van der Waals surface area contributed by atoms with E-state index in [0.29, 0.717) is 0 Å². The summed E-state index contributed by atoms with van der Waals surface area (Å²) < 4.78 is 1.37. The van der Waals surface area contributed by atoms with Gasteiger partial charge in [-0.05, 0) is 29.3 Å². The fourth-order valence-electron chi connectivity index (χ4n) is 2.21. The molecule has 3 heteroatoms. The van der Waals surface area contributed by atoms with Crippen molar-refractivity contribution in [1.29, 1.82) is 0 Å². The number of benzene rings is 1. The van der Waals surface area contributed by atoms with Crippen LogP contribution >= 0.6 is 11.3 Å². The van der Waals surface area contributed by atoms with E-state index in [9.17, 15) is 0 Å². The highest BCUT2D eigenvalue weighted by Crippen LogP contribution is 2.34. The van der Waals surface area contributed by atoms with Crippen molar-refractivity contribution < 1.29 is 0 Å². The number of hydrogen-bond donors (Lipinski definition) is 2. The summed E-state index contributed by atoms with van der Waals surface area (Å²) in [5.74, 6) is 0. The van der Waals surface area contributed by atoms with E-state index in [-0.39, 0.29) is 11.5 Å². The molecule has 2 nitrogen and oxygen atoms in total. The minimum absolute atomic E-state index is 0.133. The second-order valence-corrected chi connectivity index (χ2v) is 6.55. The van der Waals surface area contributed by atoms with Crippen LogP contribution in [0.25, 0.3) is 10.1 Å². The summed E-state index contributed by atoms with van der Waals surface area (Å²) in [5, 5.41) is 7.13. The van der Waals surface area contributed by atoms with Gasteiger partial charge in [0.05, 0.1) is 0 Å².